The minimum atomic E-state index is -0.649. The molecular formula is C33H39N5O5. The Labute approximate surface area is 250 Å². The molecular weight excluding hydrogens is 546 g/mol. The van der Waals surface area contributed by atoms with E-state index in [1.54, 1.807) is 6.07 Å². The van der Waals surface area contributed by atoms with Gasteiger partial charge < -0.3 is 5.11 Å². The van der Waals surface area contributed by atoms with Crippen molar-refractivity contribution in [1.82, 2.24) is 9.13 Å². The summed E-state index contributed by atoms with van der Waals surface area (Å²) in [4.78, 5) is 36.7. The van der Waals surface area contributed by atoms with E-state index in [9.17, 15) is 24.8 Å². The third kappa shape index (κ3) is 6.00. The Hall–Kier alpha value is -4.60. The number of aromatic nitrogens is 2. The largest absolute Gasteiger partial charge is 0.505 e. The quantitative estimate of drug-likeness (QED) is 0.138. The number of phenols is 1. The molecule has 10 heteroatoms. The van der Waals surface area contributed by atoms with Crippen molar-refractivity contribution >= 4 is 28.0 Å². The van der Waals surface area contributed by atoms with E-state index in [0.717, 1.165) is 28.2 Å². The van der Waals surface area contributed by atoms with Gasteiger partial charge in [-0.25, -0.2) is 4.79 Å². The fourth-order valence-corrected chi connectivity index (χ4v) is 5.95. The van der Waals surface area contributed by atoms with Crippen LogP contribution in [0.4, 0.5) is 17.1 Å². The zero-order valence-electron chi connectivity index (χ0n) is 26.2. The molecule has 0 unspecified atom stereocenters. The van der Waals surface area contributed by atoms with Crippen molar-refractivity contribution in [1.29, 1.82) is 0 Å². The van der Waals surface area contributed by atoms with Crippen LogP contribution >= 0.6 is 0 Å². The van der Waals surface area contributed by atoms with Crippen molar-refractivity contribution in [3.05, 3.63) is 102 Å². The molecule has 3 aromatic carbocycles. The van der Waals surface area contributed by atoms with E-state index in [4.69, 9.17) is 0 Å². The molecule has 0 atom stereocenters. The van der Waals surface area contributed by atoms with Crippen LogP contribution in [0, 0.1) is 15.5 Å². The molecule has 226 valence electrons. The van der Waals surface area contributed by atoms with Crippen molar-refractivity contribution in [3.8, 4) is 5.75 Å². The highest BCUT2D eigenvalue weighted by Crippen LogP contribution is 2.47. The third-order valence-corrected chi connectivity index (χ3v) is 8.04. The summed E-state index contributed by atoms with van der Waals surface area (Å²) in [7, 11) is 2.79. The maximum absolute atomic E-state index is 12.7. The first-order chi connectivity index (χ1) is 19.8. The van der Waals surface area contributed by atoms with Crippen LogP contribution in [-0.2, 0) is 24.9 Å². The molecule has 0 amide bonds. The van der Waals surface area contributed by atoms with Gasteiger partial charge in [0.15, 0.2) is 5.69 Å². The molecule has 1 heterocycles. The smallest absolute Gasteiger partial charge is 0.330 e. The second-order valence-corrected chi connectivity index (χ2v) is 13.5. The average molecular weight is 586 g/mol. The van der Waals surface area contributed by atoms with Crippen molar-refractivity contribution in [2.75, 3.05) is 0 Å². The fourth-order valence-electron chi connectivity index (χ4n) is 5.95. The molecule has 0 radical (unpaired) electrons. The molecule has 0 aliphatic heterocycles. The van der Waals surface area contributed by atoms with Crippen LogP contribution in [0.2, 0.25) is 0 Å². The molecule has 0 aliphatic rings. The number of azo groups is 1. The minimum absolute atomic E-state index is 0.0101. The number of rotatable bonds is 7. The Kier molecular flexibility index (Phi) is 7.95. The molecule has 43 heavy (non-hydrogen) atoms. The summed E-state index contributed by atoms with van der Waals surface area (Å²) in [6, 6.07) is 16.0. The van der Waals surface area contributed by atoms with Crippen molar-refractivity contribution in [2.45, 2.75) is 65.7 Å². The second kappa shape index (κ2) is 10.9. The van der Waals surface area contributed by atoms with E-state index in [-0.39, 0.29) is 38.9 Å². The van der Waals surface area contributed by atoms with E-state index >= 15 is 0 Å². The topological polar surface area (TPSA) is 132 Å². The van der Waals surface area contributed by atoms with Crippen LogP contribution in [-0.4, -0.2) is 19.2 Å². The zero-order chi connectivity index (χ0) is 32.1. The molecule has 4 rings (SSSR count). The van der Waals surface area contributed by atoms with Gasteiger partial charge in [0.2, 0.25) is 0 Å². The van der Waals surface area contributed by atoms with Crippen molar-refractivity contribution in [3.63, 3.8) is 0 Å². The molecule has 0 bridgehead atoms. The standard InChI is InChI=1S/C33H39N5O5/c1-31(2,3)19-32(4,5)21-15-23(33(6,7)20-13-11-10-12-14-20)28(39)25(16-21)35-34-24-18-26-22(17-27(24)38(42)43)29(40)37(9)30(41)36(26)8/h10-18,39H,19H2,1-9H3. The van der Waals surface area contributed by atoms with Crippen molar-refractivity contribution < 1.29 is 10.0 Å². The molecule has 0 saturated carbocycles. The summed E-state index contributed by atoms with van der Waals surface area (Å²) >= 11 is 0. The number of nitro benzene ring substituents is 1. The van der Waals surface area contributed by atoms with Gasteiger partial charge in [-0.1, -0.05) is 84.9 Å². The first-order valence-corrected chi connectivity index (χ1v) is 14.1. The number of nitrogens with zero attached hydrogens (tertiary/aromatic N) is 5. The summed E-state index contributed by atoms with van der Waals surface area (Å²) in [6.07, 6.45) is 0.839. The second-order valence-electron chi connectivity index (χ2n) is 13.5. The highest BCUT2D eigenvalue weighted by molar-refractivity contribution is 5.86. The lowest BCUT2D eigenvalue weighted by atomic mass is 9.70. The van der Waals surface area contributed by atoms with Gasteiger partial charge in [0.25, 0.3) is 11.2 Å². The lowest BCUT2D eigenvalue weighted by Gasteiger charge is -2.35. The summed E-state index contributed by atoms with van der Waals surface area (Å²) in [5.74, 6) is -0.0855. The van der Waals surface area contributed by atoms with Gasteiger partial charge in [-0.05, 0) is 40.5 Å². The Balaban J connectivity index is 1.98. The molecule has 0 saturated heterocycles. The zero-order valence-corrected chi connectivity index (χ0v) is 26.2. The van der Waals surface area contributed by atoms with Gasteiger partial charge in [0, 0.05) is 31.1 Å². The van der Waals surface area contributed by atoms with Crippen LogP contribution in [0.15, 0.2) is 74.4 Å². The van der Waals surface area contributed by atoms with Crippen LogP contribution < -0.4 is 11.2 Å². The molecule has 4 aromatic rings. The lowest BCUT2D eigenvalue weighted by Crippen LogP contribution is -2.36. The number of fused-ring (bicyclic) bond motifs is 1. The highest BCUT2D eigenvalue weighted by Gasteiger charge is 2.33. The van der Waals surface area contributed by atoms with Crippen LogP contribution in [0.3, 0.4) is 0 Å². The highest BCUT2D eigenvalue weighted by atomic mass is 16.6. The SMILES string of the molecule is Cn1c(=O)c2cc([N+](=O)[O-])c(N=Nc3cc(C(C)(C)CC(C)(C)C)cc(C(C)(C)c4ccccc4)c3O)cc2n(C)c1=O. The Bertz CT molecular complexity index is 1880. The van der Waals surface area contributed by atoms with Crippen LogP contribution in [0.25, 0.3) is 10.9 Å². The molecule has 0 spiro atoms. The number of aromatic hydroxyl groups is 1. The van der Waals surface area contributed by atoms with Gasteiger partial charge in [0.05, 0.1) is 15.8 Å². The molecule has 0 aliphatic carbocycles. The number of hydrogen-bond acceptors (Lipinski definition) is 7. The summed E-state index contributed by atoms with van der Waals surface area (Å²) in [5, 5.41) is 32.2. The van der Waals surface area contributed by atoms with E-state index in [1.807, 2.05) is 50.2 Å². The third-order valence-electron chi connectivity index (χ3n) is 8.04. The summed E-state index contributed by atoms with van der Waals surface area (Å²) in [6.45, 7) is 14.8. The van der Waals surface area contributed by atoms with E-state index in [2.05, 4.69) is 44.8 Å². The fraction of sp³-hybridized carbons (Fsp3) is 0.394. The molecule has 1 aromatic heterocycles. The van der Waals surface area contributed by atoms with Gasteiger partial charge in [-0.3, -0.25) is 24.0 Å². The maximum Gasteiger partial charge on any atom is 0.330 e. The molecule has 1 N–H and O–H groups in total. The number of phenolic OH excluding ortho intramolecular Hbond substituents is 1. The molecule has 10 nitrogen and oxygen atoms in total. The van der Waals surface area contributed by atoms with Crippen molar-refractivity contribution in [2.24, 2.45) is 29.7 Å². The monoisotopic (exact) mass is 585 g/mol. The Morgan fingerprint density at radius 1 is 0.837 bits per heavy atom. The van der Waals surface area contributed by atoms with Crippen LogP contribution in [0.5, 0.6) is 5.75 Å². The van der Waals surface area contributed by atoms with Gasteiger partial charge in [0.1, 0.15) is 11.4 Å². The number of benzene rings is 3. The number of nitro groups is 1. The van der Waals surface area contributed by atoms with Gasteiger partial charge >= 0.3 is 5.69 Å². The molecule has 0 fully saturated rings. The van der Waals surface area contributed by atoms with E-state index in [1.165, 1.54) is 24.7 Å². The van der Waals surface area contributed by atoms with E-state index in [0.29, 0.717) is 5.56 Å². The van der Waals surface area contributed by atoms with Crippen LogP contribution in [0.1, 0.15) is 71.6 Å². The predicted molar refractivity (Wildman–Crippen MR) is 169 cm³/mol. The van der Waals surface area contributed by atoms with Gasteiger partial charge in [-0.2, -0.15) is 0 Å². The number of aryl methyl sites for hydroxylation is 1. The lowest BCUT2D eigenvalue weighted by molar-refractivity contribution is -0.384. The Morgan fingerprint density at radius 3 is 2.02 bits per heavy atom. The number of hydrogen-bond donors (Lipinski definition) is 1. The van der Waals surface area contributed by atoms with Gasteiger partial charge in [-0.15, -0.1) is 10.2 Å². The Morgan fingerprint density at radius 2 is 1.44 bits per heavy atom. The normalized spacial score (nSPS) is 12.8. The first kappa shape index (κ1) is 31.3. The minimum Gasteiger partial charge on any atom is -0.505 e. The first-order valence-electron chi connectivity index (χ1n) is 14.1. The maximum atomic E-state index is 12.7. The summed E-state index contributed by atoms with van der Waals surface area (Å²) < 4.78 is 2.12. The predicted octanol–water partition coefficient (Wildman–Crippen LogP) is 7.31. The summed E-state index contributed by atoms with van der Waals surface area (Å²) in [5.41, 5.74) is 0.179. The average Bonchev–Trinajstić information content (AvgIpc) is 2.92. The van der Waals surface area contributed by atoms with E-state index < -0.39 is 27.3 Å².